The Morgan fingerprint density at radius 1 is 1.27 bits per heavy atom. The van der Waals surface area contributed by atoms with Crippen LogP contribution in [-0.2, 0) is 9.59 Å². The maximum absolute atomic E-state index is 12.5. The number of nitrogens with zero attached hydrogens (tertiary/aromatic N) is 1. The highest BCUT2D eigenvalue weighted by atomic mass is 16.2. The van der Waals surface area contributed by atoms with Gasteiger partial charge in [-0.3, -0.25) is 14.5 Å². The molecular weight excluding hydrogens is 282 g/mol. The van der Waals surface area contributed by atoms with Crippen LogP contribution in [-0.4, -0.2) is 40.9 Å². The highest BCUT2D eigenvalue weighted by Gasteiger charge is 2.49. The van der Waals surface area contributed by atoms with Gasteiger partial charge < -0.3 is 10.6 Å². The van der Waals surface area contributed by atoms with Gasteiger partial charge in [-0.1, -0.05) is 33.6 Å². The van der Waals surface area contributed by atoms with E-state index in [0.29, 0.717) is 18.8 Å². The molecule has 0 unspecified atom stereocenters. The minimum atomic E-state index is -0.838. The fraction of sp³-hybridized carbons (Fsp3) is 0.812. The quantitative estimate of drug-likeness (QED) is 0.760. The standard InChI is InChI=1S/C16H27N3O3/c1-4-16(5-2)14(21)19(15(22)18-16)10-13(20)17-12-9-7-6-8-11(12)3/h11-12H,4-10H2,1-3H3,(H,17,20)(H,18,22)/t11-,12+/m0/s1. The summed E-state index contributed by atoms with van der Waals surface area (Å²) in [6.45, 7) is 5.69. The summed E-state index contributed by atoms with van der Waals surface area (Å²) < 4.78 is 0. The first kappa shape index (κ1) is 16.8. The van der Waals surface area contributed by atoms with Gasteiger partial charge in [0.2, 0.25) is 5.91 Å². The van der Waals surface area contributed by atoms with Gasteiger partial charge in [-0.05, 0) is 31.6 Å². The van der Waals surface area contributed by atoms with Crippen molar-refractivity contribution in [1.29, 1.82) is 0 Å². The largest absolute Gasteiger partial charge is 0.352 e. The summed E-state index contributed by atoms with van der Waals surface area (Å²) in [4.78, 5) is 37.7. The van der Waals surface area contributed by atoms with Crippen LogP contribution in [0.4, 0.5) is 4.79 Å². The fourth-order valence-electron chi connectivity index (χ4n) is 3.48. The lowest BCUT2D eigenvalue weighted by Crippen LogP contribution is -2.48. The number of carbonyl (C=O) groups excluding carboxylic acids is 3. The van der Waals surface area contributed by atoms with Gasteiger partial charge in [0.15, 0.2) is 0 Å². The van der Waals surface area contributed by atoms with Crippen LogP contribution < -0.4 is 10.6 Å². The van der Waals surface area contributed by atoms with Gasteiger partial charge in [-0.15, -0.1) is 0 Å². The molecule has 1 aliphatic heterocycles. The van der Waals surface area contributed by atoms with E-state index in [2.05, 4.69) is 17.6 Å². The van der Waals surface area contributed by atoms with Crippen molar-refractivity contribution in [3.8, 4) is 0 Å². The van der Waals surface area contributed by atoms with Crippen LogP contribution in [0.2, 0.25) is 0 Å². The number of nitrogens with one attached hydrogen (secondary N) is 2. The zero-order valence-electron chi connectivity index (χ0n) is 13.8. The third-order valence-corrected chi connectivity index (χ3v) is 5.21. The second-order valence-electron chi connectivity index (χ2n) is 6.55. The Balaban J connectivity index is 1.96. The van der Waals surface area contributed by atoms with Crippen LogP contribution in [0.25, 0.3) is 0 Å². The molecule has 124 valence electrons. The summed E-state index contributed by atoms with van der Waals surface area (Å²) >= 11 is 0. The number of urea groups is 1. The van der Waals surface area contributed by atoms with Gasteiger partial charge in [0.1, 0.15) is 12.1 Å². The SMILES string of the molecule is CCC1(CC)NC(=O)N(CC(=O)N[C@@H]2CCCC[C@@H]2C)C1=O. The fourth-order valence-corrected chi connectivity index (χ4v) is 3.48. The Morgan fingerprint density at radius 2 is 1.91 bits per heavy atom. The number of amides is 4. The van der Waals surface area contributed by atoms with Gasteiger partial charge in [-0.2, -0.15) is 0 Å². The van der Waals surface area contributed by atoms with E-state index in [0.717, 1.165) is 24.2 Å². The van der Waals surface area contributed by atoms with E-state index in [9.17, 15) is 14.4 Å². The first-order valence-electron chi connectivity index (χ1n) is 8.37. The highest BCUT2D eigenvalue weighted by Crippen LogP contribution is 2.25. The Kier molecular flexibility index (Phi) is 5.08. The van der Waals surface area contributed by atoms with Gasteiger partial charge in [0.05, 0.1) is 0 Å². The smallest absolute Gasteiger partial charge is 0.325 e. The van der Waals surface area contributed by atoms with E-state index in [1.54, 1.807) is 0 Å². The van der Waals surface area contributed by atoms with Crippen molar-refractivity contribution in [1.82, 2.24) is 15.5 Å². The molecule has 2 atom stereocenters. The van der Waals surface area contributed by atoms with Crippen molar-refractivity contribution in [2.45, 2.75) is 70.9 Å². The zero-order chi connectivity index (χ0) is 16.3. The van der Waals surface area contributed by atoms with Crippen molar-refractivity contribution < 1.29 is 14.4 Å². The first-order valence-corrected chi connectivity index (χ1v) is 8.37. The van der Waals surface area contributed by atoms with Crippen molar-refractivity contribution in [3.05, 3.63) is 0 Å². The number of rotatable bonds is 5. The highest BCUT2D eigenvalue weighted by molar-refractivity contribution is 6.08. The van der Waals surface area contributed by atoms with Gasteiger partial charge >= 0.3 is 6.03 Å². The molecule has 0 aromatic rings. The molecule has 2 aliphatic rings. The van der Waals surface area contributed by atoms with E-state index in [1.165, 1.54) is 6.42 Å². The van der Waals surface area contributed by atoms with Crippen LogP contribution in [0.3, 0.4) is 0 Å². The normalized spacial score (nSPS) is 27.7. The molecule has 0 radical (unpaired) electrons. The molecule has 1 saturated heterocycles. The molecule has 22 heavy (non-hydrogen) atoms. The third-order valence-electron chi connectivity index (χ3n) is 5.21. The summed E-state index contributed by atoms with van der Waals surface area (Å²) in [6.07, 6.45) is 5.48. The minimum absolute atomic E-state index is 0.157. The van der Waals surface area contributed by atoms with Crippen molar-refractivity contribution in [3.63, 3.8) is 0 Å². The molecule has 1 heterocycles. The number of carbonyl (C=O) groups is 3. The first-order chi connectivity index (χ1) is 10.4. The minimum Gasteiger partial charge on any atom is -0.352 e. The predicted octanol–water partition coefficient (Wildman–Crippen LogP) is 1.79. The van der Waals surface area contributed by atoms with E-state index < -0.39 is 11.6 Å². The predicted molar refractivity (Wildman–Crippen MR) is 83.1 cm³/mol. The lowest BCUT2D eigenvalue weighted by Gasteiger charge is -2.30. The Morgan fingerprint density at radius 3 is 2.45 bits per heavy atom. The Bertz CT molecular complexity index is 460. The van der Waals surface area contributed by atoms with E-state index in [1.807, 2.05) is 13.8 Å². The molecule has 1 saturated carbocycles. The average molecular weight is 309 g/mol. The lowest BCUT2D eigenvalue weighted by molar-refractivity contribution is -0.135. The molecule has 4 amide bonds. The van der Waals surface area contributed by atoms with E-state index in [4.69, 9.17) is 0 Å². The molecule has 0 spiro atoms. The second kappa shape index (κ2) is 6.67. The lowest BCUT2D eigenvalue weighted by atomic mass is 9.86. The van der Waals surface area contributed by atoms with Crippen LogP contribution in [0.1, 0.15) is 59.3 Å². The summed E-state index contributed by atoms with van der Waals surface area (Å²) in [5.41, 5.74) is -0.838. The van der Waals surface area contributed by atoms with Gasteiger partial charge in [-0.25, -0.2) is 4.79 Å². The molecule has 0 aromatic carbocycles. The van der Waals surface area contributed by atoms with Crippen molar-refractivity contribution in [2.75, 3.05) is 6.54 Å². The zero-order valence-corrected chi connectivity index (χ0v) is 13.8. The second-order valence-corrected chi connectivity index (χ2v) is 6.55. The molecule has 6 nitrogen and oxygen atoms in total. The summed E-state index contributed by atoms with van der Waals surface area (Å²) in [5, 5.41) is 5.73. The molecule has 2 rings (SSSR count). The monoisotopic (exact) mass is 309 g/mol. The maximum atomic E-state index is 12.5. The molecular formula is C16H27N3O3. The van der Waals surface area contributed by atoms with E-state index in [-0.39, 0.29) is 24.4 Å². The van der Waals surface area contributed by atoms with Crippen LogP contribution in [0.5, 0.6) is 0 Å². The molecule has 0 aromatic heterocycles. The van der Waals surface area contributed by atoms with Crippen LogP contribution in [0.15, 0.2) is 0 Å². The van der Waals surface area contributed by atoms with E-state index >= 15 is 0 Å². The molecule has 2 N–H and O–H groups in total. The van der Waals surface area contributed by atoms with Gasteiger partial charge in [0.25, 0.3) is 5.91 Å². The maximum Gasteiger partial charge on any atom is 0.325 e. The van der Waals surface area contributed by atoms with Crippen molar-refractivity contribution in [2.24, 2.45) is 5.92 Å². The van der Waals surface area contributed by atoms with Crippen LogP contribution in [0, 0.1) is 5.92 Å². The molecule has 2 fully saturated rings. The number of hydrogen-bond donors (Lipinski definition) is 2. The molecule has 1 aliphatic carbocycles. The van der Waals surface area contributed by atoms with Gasteiger partial charge in [0, 0.05) is 6.04 Å². The Labute approximate surface area is 132 Å². The number of imide groups is 1. The average Bonchev–Trinajstić information content (AvgIpc) is 2.74. The van der Waals surface area contributed by atoms with Crippen molar-refractivity contribution >= 4 is 17.8 Å². The number of hydrogen-bond acceptors (Lipinski definition) is 3. The topological polar surface area (TPSA) is 78.5 Å². The Hall–Kier alpha value is -1.59. The molecule has 6 heteroatoms. The van der Waals surface area contributed by atoms with Crippen LogP contribution >= 0.6 is 0 Å². The summed E-state index contributed by atoms with van der Waals surface area (Å²) in [7, 11) is 0. The summed E-state index contributed by atoms with van der Waals surface area (Å²) in [6, 6.07) is -0.301. The summed E-state index contributed by atoms with van der Waals surface area (Å²) in [5.74, 6) is -0.0780. The molecule has 0 bridgehead atoms. The third kappa shape index (κ3) is 3.10.